The van der Waals surface area contributed by atoms with Crippen molar-refractivity contribution in [1.82, 2.24) is 0 Å². The van der Waals surface area contributed by atoms with E-state index in [1.807, 2.05) is 18.4 Å². The van der Waals surface area contributed by atoms with Crippen molar-refractivity contribution >= 4 is 49.1 Å². The van der Waals surface area contributed by atoms with Crippen LogP contribution in [0.1, 0.15) is 5.56 Å². The number of halogens is 1. The van der Waals surface area contributed by atoms with Gasteiger partial charge in [0.05, 0.1) is 15.4 Å². The molecule has 2 aromatic rings. The van der Waals surface area contributed by atoms with Crippen LogP contribution >= 0.6 is 39.0 Å². The van der Waals surface area contributed by atoms with Crippen LogP contribution < -0.4 is 0 Å². The molecule has 0 amide bonds. The zero-order valence-electron chi connectivity index (χ0n) is 7.37. The number of fused-ring (bicyclic) bond motifs is 1. The molecule has 0 atom stereocenters. The molecule has 0 N–H and O–H groups in total. The minimum Gasteiger partial charge on any atom is -0.192 e. The molecule has 70 valence electrons. The van der Waals surface area contributed by atoms with E-state index in [4.69, 9.17) is 5.26 Å². The molecule has 2 rings (SSSR count). The van der Waals surface area contributed by atoms with Crippen LogP contribution in [-0.4, -0.2) is 6.26 Å². The highest BCUT2D eigenvalue weighted by Crippen LogP contribution is 2.36. The van der Waals surface area contributed by atoms with E-state index in [0.717, 1.165) is 14.7 Å². The van der Waals surface area contributed by atoms with Gasteiger partial charge in [-0.15, -0.1) is 23.1 Å². The molecule has 0 unspecified atom stereocenters. The third-order valence-electron chi connectivity index (χ3n) is 1.90. The molecule has 0 saturated heterocycles. The normalized spacial score (nSPS) is 10.4. The van der Waals surface area contributed by atoms with E-state index < -0.39 is 0 Å². The molecule has 1 aromatic heterocycles. The van der Waals surface area contributed by atoms with Gasteiger partial charge in [-0.1, -0.05) is 0 Å². The van der Waals surface area contributed by atoms with Crippen LogP contribution in [0.3, 0.4) is 0 Å². The first kappa shape index (κ1) is 10.0. The number of rotatable bonds is 1. The average molecular weight is 284 g/mol. The number of nitriles is 1. The standard InChI is InChI=1S/C10H6BrNS2/c1-13-8-3-6(5-12)2-7-4-9(11)14-10(7)8/h2-4H,1H3. The molecule has 0 aliphatic carbocycles. The van der Waals surface area contributed by atoms with E-state index >= 15 is 0 Å². The molecular formula is C10H6BrNS2. The van der Waals surface area contributed by atoms with Crippen molar-refractivity contribution in [2.45, 2.75) is 4.90 Å². The van der Waals surface area contributed by atoms with E-state index in [-0.39, 0.29) is 0 Å². The van der Waals surface area contributed by atoms with Gasteiger partial charge in [-0.3, -0.25) is 0 Å². The third-order valence-corrected chi connectivity index (χ3v) is 4.48. The largest absolute Gasteiger partial charge is 0.192 e. The Bertz CT molecular complexity index is 525. The highest BCUT2D eigenvalue weighted by Gasteiger charge is 2.06. The van der Waals surface area contributed by atoms with Crippen molar-refractivity contribution in [2.24, 2.45) is 0 Å². The molecule has 1 heterocycles. The summed E-state index contributed by atoms with van der Waals surface area (Å²) in [5.41, 5.74) is 0.729. The maximum Gasteiger partial charge on any atom is 0.0992 e. The van der Waals surface area contributed by atoms with E-state index in [1.165, 1.54) is 9.60 Å². The lowest BCUT2D eigenvalue weighted by atomic mass is 10.2. The molecule has 1 aromatic carbocycles. The van der Waals surface area contributed by atoms with Crippen molar-refractivity contribution in [3.8, 4) is 6.07 Å². The SMILES string of the molecule is CSc1cc(C#N)cc2cc(Br)sc12. The number of nitrogens with zero attached hydrogens (tertiary/aromatic N) is 1. The Morgan fingerprint density at radius 1 is 1.43 bits per heavy atom. The van der Waals surface area contributed by atoms with Gasteiger partial charge in [-0.05, 0) is 45.8 Å². The lowest BCUT2D eigenvalue weighted by Gasteiger charge is -1.98. The maximum absolute atomic E-state index is 8.86. The fourth-order valence-corrected chi connectivity index (χ4v) is 3.74. The van der Waals surface area contributed by atoms with Crippen LogP contribution in [0.4, 0.5) is 0 Å². The van der Waals surface area contributed by atoms with Crippen molar-refractivity contribution in [3.05, 3.63) is 27.5 Å². The first-order valence-electron chi connectivity index (χ1n) is 3.92. The second-order valence-electron chi connectivity index (χ2n) is 2.76. The van der Waals surface area contributed by atoms with Crippen molar-refractivity contribution in [3.63, 3.8) is 0 Å². The Labute approximate surface area is 98.9 Å². The van der Waals surface area contributed by atoms with Crippen molar-refractivity contribution < 1.29 is 0 Å². The predicted octanol–water partition coefficient (Wildman–Crippen LogP) is 4.26. The molecule has 0 aliphatic heterocycles. The fourth-order valence-electron chi connectivity index (χ4n) is 1.31. The minimum absolute atomic E-state index is 0.729. The summed E-state index contributed by atoms with van der Waals surface area (Å²) in [5, 5.41) is 10.0. The molecule has 0 bridgehead atoms. The summed E-state index contributed by atoms with van der Waals surface area (Å²) in [4.78, 5) is 1.18. The molecule has 0 fully saturated rings. The van der Waals surface area contributed by atoms with E-state index in [9.17, 15) is 0 Å². The molecule has 0 radical (unpaired) electrons. The van der Waals surface area contributed by atoms with Crippen molar-refractivity contribution in [2.75, 3.05) is 6.26 Å². The van der Waals surface area contributed by atoms with Gasteiger partial charge in [0.2, 0.25) is 0 Å². The summed E-state index contributed by atoms with van der Waals surface area (Å²) in [6.07, 6.45) is 2.03. The Morgan fingerprint density at radius 2 is 2.21 bits per heavy atom. The quantitative estimate of drug-likeness (QED) is 0.731. The molecule has 4 heteroatoms. The highest BCUT2D eigenvalue weighted by atomic mass is 79.9. The smallest absolute Gasteiger partial charge is 0.0992 e. The van der Waals surface area contributed by atoms with Crippen LogP contribution in [-0.2, 0) is 0 Å². The lowest BCUT2D eigenvalue weighted by Crippen LogP contribution is -1.76. The first-order chi connectivity index (χ1) is 6.74. The lowest BCUT2D eigenvalue weighted by molar-refractivity contribution is 1.46. The molecule has 0 saturated carbocycles. The minimum atomic E-state index is 0.729. The zero-order chi connectivity index (χ0) is 10.1. The van der Waals surface area contributed by atoms with Gasteiger partial charge in [-0.25, -0.2) is 0 Å². The topological polar surface area (TPSA) is 23.8 Å². The third kappa shape index (κ3) is 1.68. The van der Waals surface area contributed by atoms with Gasteiger partial charge < -0.3 is 0 Å². The van der Waals surface area contributed by atoms with Crippen LogP contribution in [0.25, 0.3) is 10.1 Å². The van der Waals surface area contributed by atoms with Gasteiger partial charge in [0.15, 0.2) is 0 Å². The van der Waals surface area contributed by atoms with Crippen LogP contribution in [0.15, 0.2) is 26.9 Å². The summed E-state index contributed by atoms with van der Waals surface area (Å²) >= 11 is 6.85. The Balaban J connectivity index is 2.80. The summed E-state index contributed by atoms with van der Waals surface area (Å²) in [6, 6.07) is 8.10. The van der Waals surface area contributed by atoms with Gasteiger partial charge in [0.1, 0.15) is 0 Å². The number of hydrogen-bond acceptors (Lipinski definition) is 3. The Kier molecular flexibility index (Phi) is 2.82. The van der Waals surface area contributed by atoms with Gasteiger partial charge >= 0.3 is 0 Å². The molecule has 0 aliphatic rings. The summed E-state index contributed by atoms with van der Waals surface area (Å²) in [5.74, 6) is 0. The van der Waals surface area contributed by atoms with Crippen molar-refractivity contribution in [1.29, 1.82) is 5.26 Å². The fraction of sp³-hybridized carbons (Fsp3) is 0.100. The Morgan fingerprint density at radius 3 is 2.86 bits per heavy atom. The monoisotopic (exact) mass is 283 g/mol. The molecule has 1 nitrogen and oxygen atoms in total. The summed E-state index contributed by atoms with van der Waals surface area (Å²) in [6.45, 7) is 0. The second kappa shape index (κ2) is 3.93. The molecular weight excluding hydrogens is 278 g/mol. The number of hydrogen-bond donors (Lipinski definition) is 0. The average Bonchev–Trinajstić information content (AvgIpc) is 2.56. The van der Waals surface area contributed by atoms with Crippen LogP contribution in [0.5, 0.6) is 0 Å². The number of benzene rings is 1. The van der Waals surface area contributed by atoms with Gasteiger partial charge in [-0.2, -0.15) is 5.26 Å². The number of thioether (sulfide) groups is 1. The maximum atomic E-state index is 8.86. The zero-order valence-corrected chi connectivity index (χ0v) is 10.6. The highest BCUT2D eigenvalue weighted by molar-refractivity contribution is 9.11. The van der Waals surface area contributed by atoms with E-state index in [0.29, 0.717) is 0 Å². The molecule has 0 spiro atoms. The number of thiophene rings is 1. The van der Waals surface area contributed by atoms with Crippen LogP contribution in [0, 0.1) is 11.3 Å². The van der Waals surface area contributed by atoms with Gasteiger partial charge in [0.25, 0.3) is 0 Å². The van der Waals surface area contributed by atoms with E-state index in [1.54, 1.807) is 23.1 Å². The van der Waals surface area contributed by atoms with E-state index in [2.05, 4.69) is 28.1 Å². The Hall–Kier alpha value is -0.500. The van der Waals surface area contributed by atoms with Gasteiger partial charge in [0, 0.05) is 9.60 Å². The predicted molar refractivity (Wildman–Crippen MR) is 66.0 cm³/mol. The molecule has 14 heavy (non-hydrogen) atoms. The first-order valence-corrected chi connectivity index (χ1v) is 6.75. The summed E-state index contributed by atoms with van der Waals surface area (Å²) < 4.78 is 2.36. The second-order valence-corrected chi connectivity index (χ2v) is 6.04. The van der Waals surface area contributed by atoms with Crippen LogP contribution in [0.2, 0.25) is 0 Å². The summed E-state index contributed by atoms with van der Waals surface area (Å²) in [7, 11) is 0.